The molecule has 0 aliphatic carbocycles. The summed E-state index contributed by atoms with van der Waals surface area (Å²) in [7, 11) is 0. The van der Waals surface area contributed by atoms with Crippen LogP contribution in [-0.2, 0) is 13.0 Å². The van der Waals surface area contributed by atoms with Crippen molar-refractivity contribution in [1.29, 1.82) is 0 Å². The van der Waals surface area contributed by atoms with E-state index in [4.69, 9.17) is 5.73 Å². The van der Waals surface area contributed by atoms with Crippen LogP contribution in [-0.4, -0.2) is 6.54 Å². The third-order valence-corrected chi connectivity index (χ3v) is 3.51. The van der Waals surface area contributed by atoms with Crippen molar-refractivity contribution in [3.63, 3.8) is 0 Å². The lowest BCUT2D eigenvalue weighted by molar-refractivity contribution is 0.497. The van der Waals surface area contributed by atoms with Gasteiger partial charge in [0.2, 0.25) is 0 Å². The molecule has 0 amide bonds. The third-order valence-electron chi connectivity index (χ3n) is 3.51. The smallest absolute Gasteiger partial charge is 0.163 e. The van der Waals surface area contributed by atoms with E-state index in [1.54, 1.807) is 6.07 Å². The number of hydrogen-bond donors (Lipinski definition) is 1. The molecule has 4 heteroatoms. The maximum absolute atomic E-state index is 13.7. The van der Waals surface area contributed by atoms with E-state index in [-0.39, 0.29) is 0 Å². The predicted octanol–water partition coefficient (Wildman–Crippen LogP) is 3.11. The van der Waals surface area contributed by atoms with Crippen molar-refractivity contribution in [2.24, 2.45) is 0 Å². The number of nitrogens with zero attached hydrogens (tertiary/aromatic N) is 1. The highest BCUT2D eigenvalue weighted by molar-refractivity contribution is 5.74. The molecule has 2 nitrogen and oxygen atoms in total. The molecule has 0 aromatic heterocycles. The normalized spacial score (nSPS) is 13.7. The Balaban J connectivity index is 1.93. The lowest BCUT2D eigenvalue weighted by Crippen LogP contribution is -2.21. The zero-order chi connectivity index (χ0) is 13.4. The molecule has 19 heavy (non-hydrogen) atoms. The van der Waals surface area contributed by atoms with Crippen molar-refractivity contribution in [3.8, 4) is 0 Å². The minimum atomic E-state index is -0.807. The molecule has 2 N–H and O–H groups in total. The van der Waals surface area contributed by atoms with Gasteiger partial charge in [0.05, 0.1) is 11.4 Å². The van der Waals surface area contributed by atoms with Crippen molar-refractivity contribution in [2.75, 3.05) is 17.2 Å². The van der Waals surface area contributed by atoms with E-state index in [1.165, 1.54) is 6.07 Å². The number of benzene rings is 2. The lowest BCUT2D eigenvalue weighted by atomic mass is 10.1. The van der Waals surface area contributed by atoms with Gasteiger partial charge in [-0.25, -0.2) is 8.78 Å². The molecular weight excluding hydrogens is 246 g/mol. The summed E-state index contributed by atoms with van der Waals surface area (Å²) in [6, 6.07) is 10.0. The van der Waals surface area contributed by atoms with Crippen molar-refractivity contribution < 1.29 is 8.78 Å². The Kier molecular flexibility index (Phi) is 2.85. The van der Waals surface area contributed by atoms with E-state index in [0.717, 1.165) is 30.3 Å². The Hall–Kier alpha value is -2.10. The van der Waals surface area contributed by atoms with Gasteiger partial charge in [-0.15, -0.1) is 0 Å². The molecule has 1 aliphatic rings. The molecule has 1 heterocycles. The van der Waals surface area contributed by atoms with Gasteiger partial charge in [-0.2, -0.15) is 0 Å². The summed E-state index contributed by atoms with van der Waals surface area (Å²) in [5.74, 6) is -1.58. The topological polar surface area (TPSA) is 29.3 Å². The second-order valence-electron chi connectivity index (χ2n) is 4.74. The second-order valence-corrected chi connectivity index (χ2v) is 4.74. The molecule has 0 radical (unpaired) electrons. The highest BCUT2D eigenvalue weighted by Crippen LogP contribution is 2.34. The van der Waals surface area contributed by atoms with Crippen molar-refractivity contribution >= 4 is 11.4 Å². The van der Waals surface area contributed by atoms with Crippen LogP contribution < -0.4 is 10.6 Å². The lowest BCUT2D eigenvalue weighted by Gasteiger charge is -2.21. The molecule has 0 spiro atoms. The quantitative estimate of drug-likeness (QED) is 0.841. The first-order chi connectivity index (χ1) is 9.16. The van der Waals surface area contributed by atoms with Gasteiger partial charge < -0.3 is 10.6 Å². The van der Waals surface area contributed by atoms with Crippen molar-refractivity contribution in [1.82, 2.24) is 0 Å². The van der Waals surface area contributed by atoms with Crippen LogP contribution in [0.5, 0.6) is 0 Å². The van der Waals surface area contributed by atoms with Crippen LogP contribution in [0.2, 0.25) is 0 Å². The monoisotopic (exact) mass is 260 g/mol. The van der Waals surface area contributed by atoms with Gasteiger partial charge >= 0.3 is 0 Å². The Morgan fingerprint density at radius 2 is 1.89 bits per heavy atom. The molecule has 1 aliphatic heterocycles. The first-order valence-corrected chi connectivity index (χ1v) is 6.22. The average Bonchev–Trinajstić information content (AvgIpc) is 2.80. The summed E-state index contributed by atoms with van der Waals surface area (Å²) in [6.07, 6.45) is 0.886. The average molecular weight is 260 g/mol. The van der Waals surface area contributed by atoms with Crippen LogP contribution in [0.25, 0.3) is 0 Å². The number of halogens is 2. The largest absolute Gasteiger partial charge is 0.397 e. The van der Waals surface area contributed by atoms with Gasteiger partial charge in [0, 0.05) is 18.7 Å². The summed E-state index contributed by atoms with van der Waals surface area (Å²) < 4.78 is 26.9. The molecule has 0 unspecified atom stereocenters. The fourth-order valence-electron chi connectivity index (χ4n) is 2.60. The van der Waals surface area contributed by atoms with Crippen LogP contribution in [0.15, 0.2) is 36.4 Å². The fraction of sp³-hybridized carbons (Fsp3) is 0.200. The van der Waals surface area contributed by atoms with E-state index in [9.17, 15) is 8.78 Å². The van der Waals surface area contributed by atoms with Gasteiger partial charge in [0.1, 0.15) is 0 Å². The minimum Gasteiger partial charge on any atom is -0.397 e. The highest BCUT2D eigenvalue weighted by Gasteiger charge is 2.22. The molecular formula is C15H14F2N2. The van der Waals surface area contributed by atoms with E-state index >= 15 is 0 Å². The molecule has 0 atom stereocenters. The Morgan fingerprint density at radius 3 is 2.74 bits per heavy atom. The van der Waals surface area contributed by atoms with E-state index in [2.05, 4.69) is 0 Å². The van der Waals surface area contributed by atoms with Crippen LogP contribution in [0.3, 0.4) is 0 Å². The number of anilines is 2. The number of rotatable bonds is 2. The van der Waals surface area contributed by atoms with Gasteiger partial charge in [0.15, 0.2) is 11.6 Å². The SMILES string of the molecule is Nc1cccc2c1N(Cc1cccc(F)c1F)CC2. The highest BCUT2D eigenvalue weighted by atomic mass is 19.2. The van der Waals surface area contributed by atoms with E-state index < -0.39 is 11.6 Å². The first-order valence-electron chi connectivity index (χ1n) is 6.22. The molecule has 2 aromatic carbocycles. The summed E-state index contributed by atoms with van der Waals surface area (Å²) in [6.45, 7) is 1.12. The number of nitrogen functional groups attached to an aromatic ring is 1. The molecule has 0 saturated heterocycles. The Morgan fingerprint density at radius 1 is 1.11 bits per heavy atom. The maximum Gasteiger partial charge on any atom is 0.163 e. The molecule has 0 saturated carbocycles. The van der Waals surface area contributed by atoms with Crippen molar-refractivity contribution in [2.45, 2.75) is 13.0 Å². The van der Waals surface area contributed by atoms with Crippen molar-refractivity contribution in [3.05, 3.63) is 59.2 Å². The van der Waals surface area contributed by atoms with Crippen LogP contribution in [0.1, 0.15) is 11.1 Å². The molecule has 98 valence electrons. The Bertz CT molecular complexity index is 626. The third kappa shape index (κ3) is 2.03. The Labute approximate surface area is 110 Å². The molecule has 2 aromatic rings. The molecule has 0 bridgehead atoms. The number of para-hydroxylation sites is 1. The van der Waals surface area contributed by atoms with E-state index in [1.807, 2.05) is 23.1 Å². The van der Waals surface area contributed by atoms with Gasteiger partial charge in [-0.05, 0) is 24.1 Å². The molecule has 3 rings (SSSR count). The standard InChI is InChI=1S/C15H14F2N2/c16-12-5-1-4-11(14(12)17)9-19-8-7-10-3-2-6-13(18)15(10)19/h1-6H,7-9,18H2. The number of nitrogens with two attached hydrogens (primary N) is 1. The predicted molar refractivity (Wildman–Crippen MR) is 72.0 cm³/mol. The second kappa shape index (κ2) is 4.53. The fourth-order valence-corrected chi connectivity index (χ4v) is 2.60. The number of hydrogen-bond acceptors (Lipinski definition) is 2. The summed E-state index contributed by atoms with van der Waals surface area (Å²) in [5.41, 5.74) is 9.13. The van der Waals surface area contributed by atoms with Crippen LogP contribution >= 0.6 is 0 Å². The summed E-state index contributed by atoms with van der Waals surface area (Å²) in [4.78, 5) is 2.00. The maximum atomic E-state index is 13.7. The van der Waals surface area contributed by atoms with Gasteiger partial charge in [-0.3, -0.25) is 0 Å². The molecule has 0 fully saturated rings. The van der Waals surface area contributed by atoms with Gasteiger partial charge in [0.25, 0.3) is 0 Å². The minimum absolute atomic E-state index is 0.338. The van der Waals surface area contributed by atoms with Gasteiger partial charge in [-0.1, -0.05) is 24.3 Å². The zero-order valence-corrected chi connectivity index (χ0v) is 10.4. The number of fused-ring (bicyclic) bond motifs is 1. The zero-order valence-electron chi connectivity index (χ0n) is 10.4. The van der Waals surface area contributed by atoms with Crippen LogP contribution in [0, 0.1) is 11.6 Å². The van der Waals surface area contributed by atoms with Crippen LogP contribution in [0.4, 0.5) is 20.2 Å². The first kappa shape index (κ1) is 12.0. The van der Waals surface area contributed by atoms with E-state index in [0.29, 0.717) is 17.8 Å². The summed E-state index contributed by atoms with van der Waals surface area (Å²) in [5, 5.41) is 0. The summed E-state index contributed by atoms with van der Waals surface area (Å²) >= 11 is 0.